The fourth-order valence-electron chi connectivity index (χ4n) is 4.13. The van der Waals surface area contributed by atoms with Crippen LogP contribution in [0.15, 0.2) is 24.3 Å². The summed E-state index contributed by atoms with van der Waals surface area (Å²) in [5.41, 5.74) is 5.55. The van der Waals surface area contributed by atoms with Crippen molar-refractivity contribution in [2.45, 2.75) is 111 Å². The van der Waals surface area contributed by atoms with E-state index < -0.39 is 47.5 Å². The van der Waals surface area contributed by atoms with Crippen LogP contribution in [0, 0.1) is 18.3 Å². The minimum absolute atomic E-state index is 0.0594. The Morgan fingerprint density at radius 2 is 1.62 bits per heavy atom. The second-order valence-corrected chi connectivity index (χ2v) is 11.6. The number of carbonyl (C=O) groups is 4. The Labute approximate surface area is 233 Å². The number of rotatable bonds is 13. The number of hydrogen-bond acceptors (Lipinski definition) is 5. The summed E-state index contributed by atoms with van der Waals surface area (Å²) >= 11 is 0. The van der Waals surface area contributed by atoms with Gasteiger partial charge in [-0.05, 0) is 78.4 Å². The van der Waals surface area contributed by atoms with Crippen LogP contribution in [0.3, 0.4) is 0 Å². The van der Waals surface area contributed by atoms with E-state index in [1.165, 1.54) is 4.90 Å². The zero-order chi connectivity index (χ0) is 29.9. The lowest BCUT2D eigenvalue weighted by Gasteiger charge is -2.39. The molecule has 0 aliphatic carbocycles. The summed E-state index contributed by atoms with van der Waals surface area (Å²) in [6.45, 7) is 14.8. The quantitative estimate of drug-likeness (QED) is 0.324. The van der Waals surface area contributed by atoms with Crippen molar-refractivity contribution in [1.29, 1.82) is 0 Å². The Morgan fingerprint density at radius 1 is 1.00 bits per heavy atom. The fraction of sp³-hybridized carbons (Fsp3) is 0.600. The van der Waals surface area contributed by atoms with E-state index >= 15 is 0 Å². The van der Waals surface area contributed by atoms with Gasteiger partial charge in [0.05, 0.1) is 0 Å². The maximum atomic E-state index is 14.3. The summed E-state index contributed by atoms with van der Waals surface area (Å²) in [7, 11) is 0. The highest BCUT2D eigenvalue weighted by Gasteiger charge is 2.39. The molecule has 0 bridgehead atoms. The van der Waals surface area contributed by atoms with Crippen molar-refractivity contribution < 1.29 is 23.9 Å². The van der Waals surface area contributed by atoms with Crippen LogP contribution >= 0.6 is 0 Å². The predicted octanol–water partition coefficient (Wildman–Crippen LogP) is 4.05. The van der Waals surface area contributed by atoms with E-state index in [9.17, 15) is 19.2 Å². The van der Waals surface area contributed by atoms with Crippen LogP contribution in [0.2, 0.25) is 0 Å². The van der Waals surface area contributed by atoms with E-state index in [-0.39, 0.29) is 18.9 Å². The molecule has 1 rings (SSSR count). The number of nitrogens with two attached hydrogens (primary N) is 1. The maximum absolute atomic E-state index is 14.3. The lowest BCUT2D eigenvalue weighted by Crippen LogP contribution is -2.56. The number of ether oxygens (including phenoxy) is 1. The molecule has 9 heteroatoms. The Bertz CT molecular complexity index is 1040. The summed E-state index contributed by atoms with van der Waals surface area (Å²) in [6, 6.07) is 4.12. The first-order valence-electron chi connectivity index (χ1n) is 13.5. The Morgan fingerprint density at radius 3 is 2.13 bits per heavy atom. The van der Waals surface area contributed by atoms with Crippen LogP contribution < -0.4 is 16.4 Å². The van der Waals surface area contributed by atoms with Crippen molar-refractivity contribution in [3.05, 3.63) is 35.4 Å². The van der Waals surface area contributed by atoms with Gasteiger partial charge in [0.15, 0.2) is 0 Å². The van der Waals surface area contributed by atoms with E-state index in [1.54, 1.807) is 45.0 Å². The summed E-state index contributed by atoms with van der Waals surface area (Å²) in [6.07, 6.45) is 6.17. The number of terminal acetylenes is 1. The molecular formula is C30H46N4O5. The molecule has 0 aliphatic rings. The van der Waals surface area contributed by atoms with E-state index in [2.05, 4.69) is 30.4 Å². The molecule has 4 N–H and O–H groups in total. The number of hydrogen-bond donors (Lipinski definition) is 3. The van der Waals surface area contributed by atoms with Crippen LogP contribution in [0.25, 0.3) is 0 Å². The van der Waals surface area contributed by atoms with Gasteiger partial charge in [0.1, 0.15) is 17.7 Å². The van der Waals surface area contributed by atoms with E-state index in [0.717, 1.165) is 6.42 Å². The Hall–Kier alpha value is -3.54. The van der Waals surface area contributed by atoms with Gasteiger partial charge in [0.25, 0.3) is 0 Å². The number of primary amides is 1. The molecule has 0 saturated carbocycles. The third-order valence-electron chi connectivity index (χ3n) is 5.93. The van der Waals surface area contributed by atoms with Crippen molar-refractivity contribution in [1.82, 2.24) is 15.5 Å². The highest BCUT2D eigenvalue weighted by atomic mass is 16.6. The highest BCUT2D eigenvalue weighted by molar-refractivity contribution is 5.93. The molecule has 0 aliphatic heterocycles. The average Bonchev–Trinajstić information content (AvgIpc) is 2.81. The molecule has 1 aromatic rings. The first-order chi connectivity index (χ1) is 18.1. The average molecular weight is 543 g/mol. The number of nitrogens with one attached hydrogen (secondary N) is 2. The zero-order valence-corrected chi connectivity index (χ0v) is 24.7. The van der Waals surface area contributed by atoms with Gasteiger partial charge in [-0.1, -0.05) is 38.0 Å². The molecule has 0 aromatic heterocycles. The lowest BCUT2D eigenvalue weighted by atomic mass is 9.93. The predicted molar refractivity (Wildman–Crippen MR) is 152 cm³/mol. The Kier molecular flexibility index (Phi) is 13.0. The first-order valence-corrected chi connectivity index (χ1v) is 13.5. The van der Waals surface area contributed by atoms with Gasteiger partial charge >= 0.3 is 6.09 Å². The van der Waals surface area contributed by atoms with Crippen molar-refractivity contribution in [2.24, 2.45) is 11.7 Å². The molecule has 0 fully saturated rings. The van der Waals surface area contributed by atoms with Gasteiger partial charge in [0.2, 0.25) is 17.7 Å². The Balaban J connectivity index is 3.72. The molecule has 216 valence electrons. The van der Waals surface area contributed by atoms with Crippen LogP contribution in [-0.2, 0) is 19.1 Å². The van der Waals surface area contributed by atoms with Crippen LogP contribution in [0.5, 0.6) is 0 Å². The lowest BCUT2D eigenvalue weighted by molar-refractivity contribution is -0.145. The van der Waals surface area contributed by atoms with Gasteiger partial charge in [0, 0.05) is 24.1 Å². The third kappa shape index (κ3) is 11.4. The van der Waals surface area contributed by atoms with Gasteiger partial charge in [-0.15, -0.1) is 6.42 Å². The van der Waals surface area contributed by atoms with Gasteiger partial charge in [-0.3, -0.25) is 14.4 Å². The second-order valence-electron chi connectivity index (χ2n) is 11.6. The van der Waals surface area contributed by atoms with Crippen LogP contribution in [0.1, 0.15) is 98.2 Å². The number of carbonyl (C=O) groups excluding carboxylic acids is 4. The SMILES string of the molecule is C#Cc1ccccc1C(C(=O)NC(C)C)N(C(=O)C(CCC(N)=O)NC(=O)OC(C)(C)C)C(C)CCC(C)C. The highest BCUT2D eigenvalue weighted by Crippen LogP contribution is 2.30. The van der Waals surface area contributed by atoms with Crippen molar-refractivity contribution in [3.8, 4) is 12.3 Å². The minimum Gasteiger partial charge on any atom is -0.444 e. The summed E-state index contributed by atoms with van der Waals surface area (Å²) in [4.78, 5) is 53.9. The maximum Gasteiger partial charge on any atom is 0.408 e. The third-order valence-corrected chi connectivity index (χ3v) is 5.93. The minimum atomic E-state index is -1.17. The molecule has 4 amide bonds. The smallest absolute Gasteiger partial charge is 0.408 e. The zero-order valence-electron chi connectivity index (χ0n) is 24.7. The fourth-order valence-corrected chi connectivity index (χ4v) is 4.13. The van der Waals surface area contributed by atoms with Gasteiger partial charge < -0.3 is 26.0 Å². The second kappa shape index (κ2) is 15.2. The summed E-state index contributed by atoms with van der Waals surface area (Å²) < 4.78 is 5.38. The number of alkyl carbamates (subject to hydrolysis) is 1. The molecule has 9 nitrogen and oxygen atoms in total. The molecular weight excluding hydrogens is 496 g/mol. The van der Waals surface area contributed by atoms with E-state index in [4.69, 9.17) is 16.9 Å². The summed E-state index contributed by atoms with van der Waals surface area (Å²) in [5.74, 6) is 1.43. The molecule has 0 heterocycles. The number of benzene rings is 1. The van der Waals surface area contributed by atoms with Crippen molar-refractivity contribution >= 4 is 23.8 Å². The van der Waals surface area contributed by atoms with Crippen molar-refractivity contribution in [3.63, 3.8) is 0 Å². The molecule has 0 radical (unpaired) electrons. The summed E-state index contributed by atoms with van der Waals surface area (Å²) in [5, 5.41) is 5.53. The topological polar surface area (TPSA) is 131 Å². The standard InChI is InChI=1S/C30H46N4O5/c1-10-22-13-11-12-14-23(22)26(27(36)32-20(4)5)34(21(6)16-15-19(2)3)28(37)24(17-18-25(31)35)33-29(38)39-30(7,8)9/h1,11-14,19-21,24,26H,15-18H2,2-9H3,(H2,31,35)(H,32,36)(H,33,38). The molecule has 0 spiro atoms. The van der Waals surface area contributed by atoms with Gasteiger partial charge in [-0.25, -0.2) is 4.79 Å². The number of amides is 4. The van der Waals surface area contributed by atoms with Crippen LogP contribution in [0.4, 0.5) is 4.79 Å². The van der Waals surface area contributed by atoms with E-state index in [0.29, 0.717) is 23.5 Å². The molecule has 0 saturated heterocycles. The first kappa shape index (κ1) is 33.5. The van der Waals surface area contributed by atoms with Crippen molar-refractivity contribution in [2.75, 3.05) is 0 Å². The molecule has 3 unspecified atom stereocenters. The molecule has 3 atom stereocenters. The van der Waals surface area contributed by atoms with E-state index in [1.807, 2.05) is 20.8 Å². The molecule has 1 aromatic carbocycles. The molecule has 39 heavy (non-hydrogen) atoms. The largest absolute Gasteiger partial charge is 0.444 e. The van der Waals surface area contributed by atoms with Crippen LogP contribution in [-0.4, -0.2) is 52.4 Å². The monoisotopic (exact) mass is 542 g/mol. The normalized spacial score (nSPS) is 13.7. The van der Waals surface area contributed by atoms with Gasteiger partial charge in [-0.2, -0.15) is 0 Å². The number of nitrogens with zero attached hydrogens (tertiary/aromatic N) is 1.